The van der Waals surface area contributed by atoms with Crippen LogP contribution in [0.2, 0.25) is 0 Å². The van der Waals surface area contributed by atoms with E-state index >= 15 is 0 Å². The molecular formula is C15H15NO2S. The molecule has 0 amide bonds. The van der Waals surface area contributed by atoms with Crippen molar-refractivity contribution in [1.29, 1.82) is 0 Å². The van der Waals surface area contributed by atoms with E-state index in [1.54, 1.807) is 0 Å². The van der Waals surface area contributed by atoms with Crippen LogP contribution in [0.15, 0.2) is 54.6 Å². The lowest BCUT2D eigenvalue weighted by Crippen LogP contribution is -2.11. The van der Waals surface area contributed by atoms with Crippen LogP contribution in [0.4, 0.5) is 0 Å². The van der Waals surface area contributed by atoms with E-state index in [1.807, 2.05) is 54.6 Å². The highest BCUT2D eigenvalue weighted by Gasteiger charge is 1.99. The number of thiocarbonyl (C=S) groups is 1. The van der Waals surface area contributed by atoms with Gasteiger partial charge in [0, 0.05) is 5.56 Å². The molecule has 0 aromatic heterocycles. The van der Waals surface area contributed by atoms with Crippen LogP contribution in [0.3, 0.4) is 0 Å². The quantitative estimate of drug-likeness (QED) is 0.649. The highest BCUT2D eigenvalue weighted by atomic mass is 32.1. The SMILES string of the molecule is NC(=S)c1cccc(OCCOc2ccccc2)c1. The van der Waals surface area contributed by atoms with Crippen molar-refractivity contribution in [3.05, 3.63) is 60.2 Å². The summed E-state index contributed by atoms with van der Waals surface area (Å²) in [6, 6.07) is 17.0. The Balaban J connectivity index is 1.80. The molecule has 4 heteroatoms. The molecule has 0 saturated carbocycles. The van der Waals surface area contributed by atoms with Crippen molar-refractivity contribution in [1.82, 2.24) is 0 Å². The molecule has 0 fully saturated rings. The summed E-state index contributed by atoms with van der Waals surface area (Å²) in [4.78, 5) is 0.367. The van der Waals surface area contributed by atoms with Gasteiger partial charge in [-0.2, -0.15) is 0 Å². The minimum Gasteiger partial charge on any atom is -0.490 e. The Morgan fingerprint density at radius 2 is 1.53 bits per heavy atom. The zero-order valence-corrected chi connectivity index (χ0v) is 11.2. The average Bonchev–Trinajstić information content (AvgIpc) is 2.45. The molecule has 0 aliphatic heterocycles. The smallest absolute Gasteiger partial charge is 0.122 e. The van der Waals surface area contributed by atoms with Crippen molar-refractivity contribution < 1.29 is 9.47 Å². The Morgan fingerprint density at radius 3 is 2.21 bits per heavy atom. The third-order valence-electron chi connectivity index (χ3n) is 2.48. The van der Waals surface area contributed by atoms with Gasteiger partial charge in [-0.1, -0.05) is 42.5 Å². The van der Waals surface area contributed by atoms with E-state index in [0.717, 1.165) is 17.1 Å². The molecule has 0 aliphatic carbocycles. The van der Waals surface area contributed by atoms with Crippen LogP contribution in [0.5, 0.6) is 11.5 Å². The van der Waals surface area contributed by atoms with Gasteiger partial charge in [0.15, 0.2) is 0 Å². The lowest BCUT2D eigenvalue weighted by molar-refractivity contribution is 0.217. The average molecular weight is 273 g/mol. The van der Waals surface area contributed by atoms with Gasteiger partial charge < -0.3 is 15.2 Å². The summed E-state index contributed by atoms with van der Waals surface area (Å²) in [7, 11) is 0. The second-order valence-corrected chi connectivity index (χ2v) is 4.34. The fourth-order valence-corrected chi connectivity index (χ4v) is 1.70. The van der Waals surface area contributed by atoms with E-state index in [0.29, 0.717) is 18.2 Å². The first-order valence-corrected chi connectivity index (χ1v) is 6.37. The van der Waals surface area contributed by atoms with Gasteiger partial charge in [0.05, 0.1) is 0 Å². The maximum atomic E-state index is 5.58. The maximum absolute atomic E-state index is 5.58. The predicted octanol–water partition coefficient (Wildman–Crippen LogP) is 2.78. The standard InChI is InChI=1S/C15H15NO2S/c16-15(19)12-5-4-8-14(11-12)18-10-9-17-13-6-2-1-3-7-13/h1-8,11H,9-10H2,(H2,16,19). The molecule has 0 bridgehead atoms. The molecule has 0 saturated heterocycles. The van der Waals surface area contributed by atoms with Crippen LogP contribution < -0.4 is 15.2 Å². The monoisotopic (exact) mass is 273 g/mol. The first-order valence-electron chi connectivity index (χ1n) is 5.96. The van der Waals surface area contributed by atoms with Gasteiger partial charge in [-0.05, 0) is 24.3 Å². The molecule has 0 atom stereocenters. The first kappa shape index (κ1) is 13.4. The van der Waals surface area contributed by atoms with Crippen LogP contribution in [-0.2, 0) is 0 Å². The van der Waals surface area contributed by atoms with E-state index in [1.165, 1.54) is 0 Å². The molecule has 98 valence electrons. The van der Waals surface area contributed by atoms with Gasteiger partial charge in [-0.15, -0.1) is 0 Å². The molecule has 2 rings (SSSR count). The van der Waals surface area contributed by atoms with Crippen LogP contribution in [0.1, 0.15) is 5.56 Å². The number of hydrogen-bond acceptors (Lipinski definition) is 3. The topological polar surface area (TPSA) is 44.5 Å². The molecule has 0 radical (unpaired) electrons. The van der Waals surface area contributed by atoms with E-state index < -0.39 is 0 Å². The second-order valence-electron chi connectivity index (χ2n) is 3.90. The molecule has 3 nitrogen and oxygen atoms in total. The molecular weight excluding hydrogens is 258 g/mol. The number of nitrogens with two attached hydrogens (primary N) is 1. The third-order valence-corrected chi connectivity index (χ3v) is 2.72. The molecule has 0 heterocycles. The van der Waals surface area contributed by atoms with Crippen LogP contribution in [0.25, 0.3) is 0 Å². The van der Waals surface area contributed by atoms with Crippen molar-refractivity contribution >= 4 is 17.2 Å². The number of rotatable bonds is 6. The summed E-state index contributed by atoms with van der Waals surface area (Å²) in [6.07, 6.45) is 0. The third kappa shape index (κ3) is 4.26. The Hall–Kier alpha value is -2.07. The molecule has 2 aromatic carbocycles. The summed E-state index contributed by atoms with van der Waals surface area (Å²) in [5.41, 5.74) is 6.37. The Bertz CT molecular complexity index is 543. The summed E-state index contributed by atoms with van der Waals surface area (Å²) in [5, 5.41) is 0. The molecule has 0 spiro atoms. The lowest BCUT2D eigenvalue weighted by Gasteiger charge is -2.09. The summed E-state index contributed by atoms with van der Waals surface area (Å²) in [5.74, 6) is 1.57. The molecule has 19 heavy (non-hydrogen) atoms. The fourth-order valence-electron chi connectivity index (χ4n) is 1.57. The van der Waals surface area contributed by atoms with Gasteiger partial charge in [0.1, 0.15) is 29.7 Å². The van der Waals surface area contributed by atoms with Crippen molar-refractivity contribution in [2.45, 2.75) is 0 Å². The minimum absolute atomic E-state index is 0.367. The number of ether oxygens (including phenoxy) is 2. The summed E-state index contributed by atoms with van der Waals surface area (Å²) in [6.45, 7) is 0.955. The highest BCUT2D eigenvalue weighted by Crippen LogP contribution is 2.13. The zero-order valence-electron chi connectivity index (χ0n) is 10.4. The largest absolute Gasteiger partial charge is 0.490 e. The highest BCUT2D eigenvalue weighted by molar-refractivity contribution is 7.80. The lowest BCUT2D eigenvalue weighted by atomic mass is 10.2. The summed E-state index contributed by atoms with van der Waals surface area (Å²) >= 11 is 4.92. The van der Waals surface area contributed by atoms with Crippen molar-refractivity contribution in [2.75, 3.05) is 13.2 Å². The predicted molar refractivity (Wildman–Crippen MR) is 79.8 cm³/mol. The van der Waals surface area contributed by atoms with Gasteiger partial charge in [0.2, 0.25) is 0 Å². The normalized spacial score (nSPS) is 9.89. The Morgan fingerprint density at radius 1 is 0.895 bits per heavy atom. The van der Waals surface area contributed by atoms with Crippen LogP contribution in [-0.4, -0.2) is 18.2 Å². The minimum atomic E-state index is 0.367. The molecule has 2 aromatic rings. The second kappa shape index (κ2) is 6.75. The van der Waals surface area contributed by atoms with Gasteiger partial charge in [-0.3, -0.25) is 0 Å². The number of benzene rings is 2. The maximum Gasteiger partial charge on any atom is 0.122 e. The van der Waals surface area contributed by atoms with Crippen molar-refractivity contribution in [3.8, 4) is 11.5 Å². The van der Waals surface area contributed by atoms with Gasteiger partial charge >= 0.3 is 0 Å². The van der Waals surface area contributed by atoms with Gasteiger partial charge in [0.25, 0.3) is 0 Å². The number of hydrogen-bond donors (Lipinski definition) is 1. The fraction of sp³-hybridized carbons (Fsp3) is 0.133. The number of para-hydroxylation sites is 1. The van der Waals surface area contributed by atoms with E-state index in [4.69, 9.17) is 27.4 Å². The Kier molecular flexibility index (Phi) is 4.75. The van der Waals surface area contributed by atoms with Crippen LogP contribution in [0, 0.1) is 0 Å². The zero-order chi connectivity index (χ0) is 13.5. The van der Waals surface area contributed by atoms with E-state index in [9.17, 15) is 0 Å². The van der Waals surface area contributed by atoms with Crippen LogP contribution >= 0.6 is 12.2 Å². The van der Waals surface area contributed by atoms with Gasteiger partial charge in [-0.25, -0.2) is 0 Å². The van der Waals surface area contributed by atoms with E-state index in [2.05, 4.69) is 0 Å². The van der Waals surface area contributed by atoms with E-state index in [-0.39, 0.29) is 0 Å². The molecule has 2 N–H and O–H groups in total. The Labute approximate surface area is 118 Å². The first-order chi connectivity index (χ1) is 9.25. The molecule has 0 aliphatic rings. The molecule has 0 unspecified atom stereocenters. The summed E-state index contributed by atoms with van der Waals surface area (Å²) < 4.78 is 11.1. The van der Waals surface area contributed by atoms with Crippen molar-refractivity contribution in [2.24, 2.45) is 5.73 Å². The van der Waals surface area contributed by atoms with Crippen molar-refractivity contribution in [3.63, 3.8) is 0 Å².